The topological polar surface area (TPSA) is 0 Å². The van der Waals surface area contributed by atoms with E-state index in [1.54, 1.807) is 0 Å². The maximum Gasteiger partial charge on any atom is 0.132 e. The second-order valence-corrected chi connectivity index (χ2v) is 7.19. The van der Waals surface area contributed by atoms with Gasteiger partial charge in [0.15, 0.2) is 0 Å². The van der Waals surface area contributed by atoms with Crippen molar-refractivity contribution in [2.24, 2.45) is 5.92 Å². The molecule has 1 aliphatic carbocycles. The van der Waals surface area contributed by atoms with Crippen LogP contribution in [0.1, 0.15) is 49.1 Å². The van der Waals surface area contributed by atoms with E-state index in [9.17, 15) is 17.6 Å². The van der Waals surface area contributed by atoms with Crippen molar-refractivity contribution in [2.45, 2.75) is 44.7 Å². The lowest BCUT2D eigenvalue weighted by molar-refractivity contribution is 0.375. The van der Waals surface area contributed by atoms with Crippen molar-refractivity contribution < 1.29 is 17.6 Å². The van der Waals surface area contributed by atoms with Gasteiger partial charge in [-0.1, -0.05) is 36.4 Å². The molecule has 1 saturated carbocycles. The summed E-state index contributed by atoms with van der Waals surface area (Å²) in [6.45, 7) is -1.45. The van der Waals surface area contributed by atoms with Crippen molar-refractivity contribution in [3.63, 3.8) is 0 Å². The monoisotopic (exact) mass is 376 g/mol. The van der Waals surface area contributed by atoms with Crippen LogP contribution in [0, 0.1) is 17.6 Å². The van der Waals surface area contributed by atoms with Gasteiger partial charge in [-0.3, -0.25) is 4.39 Å². The van der Waals surface area contributed by atoms with Gasteiger partial charge in [0.25, 0.3) is 0 Å². The molecule has 0 aliphatic heterocycles. The molecule has 27 heavy (non-hydrogen) atoms. The van der Waals surface area contributed by atoms with E-state index in [0.29, 0.717) is 29.4 Å². The van der Waals surface area contributed by atoms with E-state index in [1.165, 1.54) is 17.7 Å². The van der Waals surface area contributed by atoms with Crippen LogP contribution in [0.4, 0.5) is 17.6 Å². The predicted octanol–water partition coefficient (Wildman–Crippen LogP) is 7.29. The molecule has 0 spiro atoms. The Morgan fingerprint density at radius 2 is 1.48 bits per heavy atom. The summed E-state index contributed by atoms with van der Waals surface area (Å²) in [7, 11) is 0. The minimum atomic E-state index is -1.15. The molecule has 1 fully saturated rings. The van der Waals surface area contributed by atoms with Gasteiger partial charge < -0.3 is 0 Å². The van der Waals surface area contributed by atoms with Gasteiger partial charge in [-0.15, -0.1) is 0 Å². The van der Waals surface area contributed by atoms with E-state index in [-0.39, 0.29) is 6.67 Å². The molecule has 0 saturated heterocycles. The summed E-state index contributed by atoms with van der Waals surface area (Å²) in [6, 6.07) is 10.1. The van der Waals surface area contributed by atoms with Gasteiger partial charge in [-0.2, -0.15) is 0 Å². The summed E-state index contributed by atoms with van der Waals surface area (Å²) in [5.74, 6) is -0.689. The molecule has 0 bridgehead atoms. The van der Waals surface area contributed by atoms with Crippen molar-refractivity contribution >= 4 is 0 Å². The van der Waals surface area contributed by atoms with Gasteiger partial charge in [0.05, 0.1) is 12.2 Å². The quantitative estimate of drug-likeness (QED) is 0.367. The van der Waals surface area contributed by atoms with Crippen LogP contribution in [0.25, 0.3) is 11.1 Å². The van der Waals surface area contributed by atoms with E-state index in [4.69, 9.17) is 0 Å². The Labute approximate surface area is 157 Å². The molecule has 0 nitrogen and oxygen atoms in total. The highest BCUT2D eigenvalue weighted by atomic mass is 19.1. The fourth-order valence-electron chi connectivity index (χ4n) is 3.84. The van der Waals surface area contributed by atoms with Crippen LogP contribution in [-0.2, 0) is 6.67 Å². The highest BCUT2D eigenvalue weighted by Gasteiger charge is 2.21. The molecule has 3 rings (SSSR count). The molecule has 2 aromatic carbocycles. The molecule has 0 amide bonds. The van der Waals surface area contributed by atoms with Crippen molar-refractivity contribution in [1.82, 2.24) is 0 Å². The lowest BCUT2D eigenvalue weighted by Crippen LogP contribution is -2.11. The van der Waals surface area contributed by atoms with Crippen LogP contribution in [0.2, 0.25) is 0 Å². The molecule has 0 unspecified atom stereocenters. The average molecular weight is 376 g/mol. The van der Waals surface area contributed by atoms with Crippen molar-refractivity contribution in [3.05, 3.63) is 71.3 Å². The standard InChI is InChI=1S/C23H24F4/c24-12-2-1-3-16-4-6-17(7-5-16)18-8-10-19(11-9-18)20-13-22(26)21(15-25)23(27)14-20/h1,3,8-11,13-14,16-17H,2,4-7,12,15H2/b3-1+/t16-,17-. The van der Waals surface area contributed by atoms with Crippen LogP contribution in [0.15, 0.2) is 48.6 Å². The molecule has 0 atom stereocenters. The van der Waals surface area contributed by atoms with Crippen LogP contribution < -0.4 is 0 Å². The van der Waals surface area contributed by atoms with E-state index in [1.807, 2.05) is 30.3 Å². The van der Waals surface area contributed by atoms with Crippen LogP contribution in [-0.4, -0.2) is 6.67 Å². The molecule has 1 aliphatic rings. The molecule has 0 heterocycles. The number of allylic oxidation sites excluding steroid dienone is 2. The maximum atomic E-state index is 13.8. The Balaban J connectivity index is 1.66. The summed E-state index contributed by atoms with van der Waals surface area (Å²) in [6.07, 6.45) is 8.92. The maximum absolute atomic E-state index is 13.8. The van der Waals surface area contributed by atoms with Gasteiger partial charge in [0.1, 0.15) is 18.3 Å². The third kappa shape index (κ3) is 4.79. The largest absolute Gasteiger partial charge is 0.251 e. The molecule has 0 aromatic heterocycles. The van der Waals surface area contributed by atoms with Crippen molar-refractivity contribution in [1.29, 1.82) is 0 Å². The molecule has 2 aromatic rings. The highest BCUT2D eigenvalue weighted by Crippen LogP contribution is 2.37. The fourth-order valence-corrected chi connectivity index (χ4v) is 3.84. The SMILES string of the molecule is FCC/C=C/[C@H]1CC[C@H](c2ccc(-c3cc(F)c(CF)c(F)c3)cc2)CC1. The Morgan fingerprint density at radius 1 is 0.852 bits per heavy atom. The number of halogens is 4. The molecule has 0 N–H and O–H groups in total. The van der Waals surface area contributed by atoms with E-state index >= 15 is 0 Å². The van der Waals surface area contributed by atoms with Gasteiger partial charge >= 0.3 is 0 Å². The van der Waals surface area contributed by atoms with E-state index in [0.717, 1.165) is 25.7 Å². The summed E-state index contributed by atoms with van der Waals surface area (Å²) >= 11 is 0. The first kappa shape index (κ1) is 19.7. The number of hydrogen-bond donors (Lipinski definition) is 0. The van der Waals surface area contributed by atoms with E-state index in [2.05, 4.69) is 6.08 Å². The number of rotatable bonds is 6. The first-order chi connectivity index (χ1) is 13.1. The average Bonchev–Trinajstić information content (AvgIpc) is 2.69. The minimum absolute atomic E-state index is 0.303. The van der Waals surface area contributed by atoms with Gasteiger partial charge in [0, 0.05) is 0 Å². The van der Waals surface area contributed by atoms with Crippen LogP contribution >= 0.6 is 0 Å². The molecule has 4 heteroatoms. The normalized spacial score (nSPS) is 20.3. The van der Waals surface area contributed by atoms with Crippen molar-refractivity contribution in [2.75, 3.05) is 6.67 Å². The number of hydrogen-bond acceptors (Lipinski definition) is 0. The molecule has 0 radical (unpaired) electrons. The zero-order valence-electron chi connectivity index (χ0n) is 15.2. The second-order valence-electron chi connectivity index (χ2n) is 7.19. The van der Waals surface area contributed by atoms with Crippen LogP contribution in [0.5, 0.6) is 0 Å². The predicted molar refractivity (Wildman–Crippen MR) is 101 cm³/mol. The van der Waals surface area contributed by atoms with Crippen LogP contribution in [0.3, 0.4) is 0 Å². The Kier molecular flexibility index (Phi) is 6.70. The Hall–Kier alpha value is -2.10. The van der Waals surface area contributed by atoms with Gasteiger partial charge in [-0.25, -0.2) is 13.2 Å². The Morgan fingerprint density at radius 3 is 2.04 bits per heavy atom. The van der Waals surface area contributed by atoms with Gasteiger partial charge in [0.2, 0.25) is 0 Å². The molecular weight excluding hydrogens is 352 g/mol. The first-order valence-corrected chi connectivity index (χ1v) is 9.49. The summed E-state index contributed by atoms with van der Waals surface area (Å²) in [5.41, 5.74) is 1.83. The summed E-state index contributed by atoms with van der Waals surface area (Å²) in [4.78, 5) is 0. The van der Waals surface area contributed by atoms with Gasteiger partial charge in [-0.05, 0) is 72.8 Å². The third-order valence-corrected chi connectivity index (χ3v) is 5.45. The molecular formula is C23H24F4. The Bertz CT molecular complexity index is 748. The fraction of sp³-hybridized carbons (Fsp3) is 0.391. The summed E-state index contributed by atoms with van der Waals surface area (Å²) < 4.78 is 52.4. The lowest BCUT2D eigenvalue weighted by Gasteiger charge is -2.27. The number of alkyl halides is 2. The smallest absolute Gasteiger partial charge is 0.132 e. The lowest BCUT2D eigenvalue weighted by atomic mass is 9.78. The van der Waals surface area contributed by atoms with Crippen molar-refractivity contribution in [3.8, 4) is 11.1 Å². The zero-order valence-corrected chi connectivity index (χ0v) is 15.2. The second kappa shape index (κ2) is 9.20. The third-order valence-electron chi connectivity index (χ3n) is 5.45. The highest BCUT2D eigenvalue weighted by molar-refractivity contribution is 5.64. The number of benzene rings is 2. The summed E-state index contributed by atoms with van der Waals surface area (Å²) in [5, 5.41) is 0. The van der Waals surface area contributed by atoms with E-state index < -0.39 is 23.9 Å². The first-order valence-electron chi connectivity index (χ1n) is 9.49. The zero-order chi connectivity index (χ0) is 19.2. The molecule has 144 valence electrons. The minimum Gasteiger partial charge on any atom is -0.251 e.